The van der Waals surface area contributed by atoms with Gasteiger partial charge in [-0.25, -0.2) is 0 Å². The molecule has 0 saturated heterocycles. The molecule has 0 spiro atoms. The molecule has 0 saturated carbocycles. The lowest BCUT2D eigenvalue weighted by atomic mass is 9.68. The van der Waals surface area contributed by atoms with Crippen LogP contribution in [0, 0.1) is 30.6 Å². The van der Waals surface area contributed by atoms with Crippen LogP contribution in [0.5, 0.6) is 0 Å². The monoisotopic (exact) mass is 431 g/mol. The Hall–Kier alpha value is -3.03. The normalized spacial score (nSPS) is 20.6. The van der Waals surface area contributed by atoms with Crippen LogP contribution in [0.25, 0.3) is 0 Å². The SMILES string of the molecule is Cc1ccc(C2C(C#N)=C(N)N(c3ccc(Cl)cc3)C3=C2C(=O)CC(C)(C)C3)c(C)c1. The molecule has 1 unspecified atom stereocenters. The number of carbonyl (C=O) groups is 1. The molecule has 31 heavy (non-hydrogen) atoms. The first-order valence-electron chi connectivity index (χ1n) is 10.4. The van der Waals surface area contributed by atoms with Gasteiger partial charge < -0.3 is 5.73 Å². The van der Waals surface area contributed by atoms with Crippen molar-refractivity contribution in [3.8, 4) is 6.07 Å². The van der Waals surface area contributed by atoms with Crippen LogP contribution in [-0.2, 0) is 4.79 Å². The summed E-state index contributed by atoms with van der Waals surface area (Å²) in [5.74, 6) is 0.00207. The van der Waals surface area contributed by atoms with Crippen molar-refractivity contribution in [1.82, 2.24) is 0 Å². The van der Waals surface area contributed by atoms with E-state index in [2.05, 4.69) is 26.0 Å². The number of rotatable bonds is 2. The number of Topliss-reactive ketones (excluding diaryl/α,β-unsaturated/α-hetero) is 1. The Balaban J connectivity index is 2.01. The molecule has 1 aliphatic heterocycles. The van der Waals surface area contributed by atoms with E-state index in [1.54, 1.807) is 12.1 Å². The third kappa shape index (κ3) is 3.64. The lowest BCUT2D eigenvalue weighted by Crippen LogP contribution is -2.42. The summed E-state index contributed by atoms with van der Waals surface area (Å²) in [5, 5.41) is 10.8. The topological polar surface area (TPSA) is 70.1 Å². The third-order valence-electron chi connectivity index (χ3n) is 6.20. The summed E-state index contributed by atoms with van der Waals surface area (Å²) in [7, 11) is 0. The first-order chi connectivity index (χ1) is 14.6. The lowest BCUT2D eigenvalue weighted by Gasteiger charge is -2.44. The van der Waals surface area contributed by atoms with Crippen LogP contribution in [0.2, 0.25) is 5.02 Å². The molecule has 1 heterocycles. The van der Waals surface area contributed by atoms with Crippen molar-refractivity contribution in [2.45, 2.75) is 46.5 Å². The average molecular weight is 432 g/mol. The number of aryl methyl sites for hydroxylation is 2. The van der Waals surface area contributed by atoms with Gasteiger partial charge in [0.2, 0.25) is 0 Å². The summed E-state index contributed by atoms with van der Waals surface area (Å²) in [5.41, 5.74) is 12.4. The fourth-order valence-corrected chi connectivity index (χ4v) is 4.98. The van der Waals surface area contributed by atoms with Crippen molar-refractivity contribution in [2.24, 2.45) is 11.1 Å². The van der Waals surface area contributed by atoms with Crippen LogP contribution in [0.3, 0.4) is 0 Å². The lowest BCUT2D eigenvalue weighted by molar-refractivity contribution is -0.118. The van der Waals surface area contributed by atoms with Crippen molar-refractivity contribution in [3.05, 3.63) is 86.8 Å². The number of nitriles is 1. The maximum Gasteiger partial charge on any atom is 0.162 e. The molecular weight excluding hydrogens is 406 g/mol. The molecule has 2 N–H and O–H groups in total. The van der Waals surface area contributed by atoms with Gasteiger partial charge in [0.05, 0.1) is 17.6 Å². The molecule has 2 aromatic carbocycles. The van der Waals surface area contributed by atoms with E-state index in [4.69, 9.17) is 17.3 Å². The molecule has 0 radical (unpaired) electrons. The first kappa shape index (κ1) is 21.2. The van der Waals surface area contributed by atoms with Crippen LogP contribution in [0.4, 0.5) is 5.69 Å². The number of carbonyl (C=O) groups excluding carboxylic acids is 1. The maximum atomic E-state index is 13.5. The maximum absolute atomic E-state index is 13.5. The second-order valence-corrected chi connectivity index (χ2v) is 9.75. The van der Waals surface area contributed by atoms with E-state index < -0.39 is 5.92 Å². The van der Waals surface area contributed by atoms with E-state index in [9.17, 15) is 10.1 Å². The minimum Gasteiger partial charge on any atom is -0.384 e. The largest absolute Gasteiger partial charge is 0.384 e. The second kappa shape index (κ2) is 7.59. The molecule has 2 aromatic rings. The summed E-state index contributed by atoms with van der Waals surface area (Å²) in [6.07, 6.45) is 1.14. The van der Waals surface area contributed by atoms with Crippen LogP contribution in [0.1, 0.15) is 49.3 Å². The highest BCUT2D eigenvalue weighted by Crippen LogP contribution is 2.50. The third-order valence-corrected chi connectivity index (χ3v) is 6.45. The summed E-state index contributed by atoms with van der Waals surface area (Å²) in [6.45, 7) is 8.26. The van der Waals surface area contributed by atoms with E-state index in [0.717, 1.165) is 28.1 Å². The fraction of sp³-hybridized carbons (Fsp3) is 0.308. The molecule has 0 aromatic heterocycles. The Kier molecular flexibility index (Phi) is 5.19. The number of hydrogen-bond acceptors (Lipinski definition) is 4. The van der Waals surface area contributed by atoms with Crippen LogP contribution >= 0.6 is 11.6 Å². The molecule has 5 heteroatoms. The smallest absolute Gasteiger partial charge is 0.162 e. The number of nitrogens with two attached hydrogens (primary N) is 1. The molecule has 4 nitrogen and oxygen atoms in total. The highest BCUT2D eigenvalue weighted by atomic mass is 35.5. The number of ketones is 1. The van der Waals surface area contributed by atoms with E-state index in [1.807, 2.05) is 43.0 Å². The molecule has 1 atom stereocenters. The van der Waals surface area contributed by atoms with Gasteiger partial charge >= 0.3 is 0 Å². The van der Waals surface area contributed by atoms with Gasteiger partial charge in [-0.15, -0.1) is 0 Å². The molecular formula is C26H26ClN3O. The van der Waals surface area contributed by atoms with Gasteiger partial charge in [0.15, 0.2) is 5.78 Å². The Morgan fingerprint density at radius 3 is 2.42 bits per heavy atom. The van der Waals surface area contributed by atoms with Gasteiger partial charge in [0.1, 0.15) is 5.82 Å². The van der Waals surface area contributed by atoms with E-state index in [0.29, 0.717) is 34.8 Å². The van der Waals surface area contributed by atoms with Crippen LogP contribution < -0.4 is 10.6 Å². The minimum absolute atomic E-state index is 0.0791. The molecule has 2 aliphatic rings. The quantitative estimate of drug-likeness (QED) is 0.642. The predicted molar refractivity (Wildman–Crippen MR) is 124 cm³/mol. The molecule has 0 fully saturated rings. The number of anilines is 1. The van der Waals surface area contributed by atoms with Crippen molar-refractivity contribution in [1.29, 1.82) is 5.26 Å². The molecule has 0 bridgehead atoms. The van der Waals surface area contributed by atoms with Crippen LogP contribution in [-0.4, -0.2) is 5.78 Å². The predicted octanol–water partition coefficient (Wildman–Crippen LogP) is 5.90. The highest BCUT2D eigenvalue weighted by Gasteiger charge is 2.44. The summed E-state index contributed by atoms with van der Waals surface area (Å²) < 4.78 is 0. The zero-order valence-corrected chi connectivity index (χ0v) is 19.0. The Bertz CT molecular complexity index is 1180. The van der Waals surface area contributed by atoms with Gasteiger partial charge in [-0.1, -0.05) is 49.2 Å². The molecule has 4 rings (SSSR count). The molecule has 0 amide bonds. The van der Waals surface area contributed by atoms with Crippen molar-refractivity contribution >= 4 is 23.1 Å². The van der Waals surface area contributed by atoms with Crippen molar-refractivity contribution < 1.29 is 4.79 Å². The number of allylic oxidation sites excluding steroid dienone is 3. The number of halogens is 1. The summed E-state index contributed by atoms with van der Waals surface area (Å²) in [6, 6.07) is 15.8. The summed E-state index contributed by atoms with van der Waals surface area (Å²) in [4.78, 5) is 15.4. The number of hydrogen-bond donors (Lipinski definition) is 1. The average Bonchev–Trinajstić information content (AvgIpc) is 2.67. The highest BCUT2D eigenvalue weighted by molar-refractivity contribution is 6.30. The van der Waals surface area contributed by atoms with Gasteiger partial charge in [0, 0.05) is 28.4 Å². The van der Waals surface area contributed by atoms with E-state index >= 15 is 0 Å². The Morgan fingerprint density at radius 1 is 1.13 bits per heavy atom. The first-order valence-corrected chi connectivity index (χ1v) is 10.8. The van der Waals surface area contributed by atoms with Gasteiger partial charge in [0.25, 0.3) is 0 Å². The Morgan fingerprint density at radius 2 is 1.81 bits per heavy atom. The fourth-order valence-electron chi connectivity index (χ4n) is 4.85. The van der Waals surface area contributed by atoms with Gasteiger partial charge in [-0.2, -0.15) is 5.26 Å². The number of nitrogens with zero attached hydrogens (tertiary/aromatic N) is 2. The zero-order valence-electron chi connectivity index (χ0n) is 18.3. The Labute approximate surface area is 188 Å². The van der Waals surface area contributed by atoms with Crippen molar-refractivity contribution in [2.75, 3.05) is 4.90 Å². The van der Waals surface area contributed by atoms with E-state index in [-0.39, 0.29) is 11.2 Å². The van der Waals surface area contributed by atoms with Crippen molar-refractivity contribution in [3.63, 3.8) is 0 Å². The molecule has 1 aliphatic carbocycles. The zero-order chi connectivity index (χ0) is 22.5. The van der Waals surface area contributed by atoms with Gasteiger partial charge in [-0.05, 0) is 61.1 Å². The standard InChI is InChI=1S/C26H26ClN3O/c1-15-5-10-19(16(2)11-15)23-20(14-28)25(29)30(18-8-6-17(27)7-9-18)21-12-26(3,4)13-22(31)24(21)23/h5-11,23H,12-13,29H2,1-4H3. The second-order valence-electron chi connectivity index (χ2n) is 9.32. The summed E-state index contributed by atoms with van der Waals surface area (Å²) >= 11 is 6.10. The van der Waals surface area contributed by atoms with Crippen LogP contribution in [0.15, 0.2) is 65.1 Å². The number of benzene rings is 2. The minimum atomic E-state index is -0.451. The molecule has 158 valence electrons. The van der Waals surface area contributed by atoms with Gasteiger partial charge in [-0.3, -0.25) is 9.69 Å². The van der Waals surface area contributed by atoms with E-state index in [1.165, 1.54) is 0 Å².